The minimum absolute atomic E-state index is 0.112. The quantitative estimate of drug-likeness (QED) is 0.811. The fourth-order valence-corrected chi connectivity index (χ4v) is 3.31. The Balaban J connectivity index is 1.84. The summed E-state index contributed by atoms with van der Waals surface area (Å²) in [4.78, 5) is 11.9. The van der Waals surface area contributed by atoms with Crippen LogP contribution in [0.5, 0.6) is 0 Å². The lowest BCUT2D eigenvalue weighted by atomic mass is 10.2. The molecule has 0 bridgehead atoms. The molecule has 0 saturated heterocycles. The van der Waals surface area contributed by atoms with Crippen LogP contribution in [0.2, 0.25) is 0 Å². The minimum Gasteiger partial charge on any atom is -0.353 e. The summed E-state index contributed by atoms with van der Waals surface area (Å²) in [5.74, 6) is 1.53. The first-order valence-electron chi connectivity index (χ1n) is 7.08. The van der Waals surface area contributed by atoms with E-state index in [-0.39, 0.29) is 5.91 Å². The summed E-state index contributed by atoms with van der Waals surface area (Å²) < 4.78 is 2.08. The van der Waals surface area contributed by atoms with Crippen molar-refractivity contribution in [2.75, 3.05) is 5.75 Å². The van der Waals surface area contributed by atoms with Gasteiger partial charge >= 0.3 is 0 Å². The lowest BCUT2D eigenvalue weighted by Gasteiger charge is -2.11. The van der Waals surface area contributed by atoms with Gasteiger partial charge in [-0.2, -0.15) is 0 Å². The molecular formula is C13H22N4OS. The molecule has 0 aliphatic heterocycles. The van der Waals surface area contributed by atoms with Gasteiger partial charge in [0.25, 0.3) is 0 Å². The first kappa shape index (κ1) is 14.4. The molecule has 1 fully saturated rings. The van der Waals surface area contributed by atoms with E-state index in [9.17, 15) is 4.79 Å². The van der Waals surface area contributed by atoms with Gasteiger partial charge < -0.3 is 9.88 Å². The maximum Gasteiger partial charge on any atom is 0.230 e. The van der Waals surface area contributed by atoms with Gasteiger partial charge in [0.2, 0.25) is 5.91 Å². The molecule has 0 aromatic carbocycles. The highest BCUT2D eigenvalue weighted by Crippen LogP contribution is 2.19. The van der Waals surface area contributed by atoms with Gasteiger partial charge in [-0.3, -0.25) is 4.79 Å². The van der Waals surface area contributed by atoms with Crippen LogP contribution >= 0.6 is 11.8 Å². The number of aryl methyl sites for hydroxylation is 1. The monoisotopic (exact) mass is 282 g/mol. The van der Waals surface area contributed by atoms with Crippen LogP contribution in [0.3, 0.4) is 0 Å². The Kier molecular flexibility index (Phi) is 5.24. The number of hydrogen-bond donors (Lipinski definition) is 1. The van der Waals surface area contributed by atoms with Gasteiger partial charge in [0.1, 0.15) is 5.82 Å². The van der Waals surface area contributed by atoms with Crippen molar-refractivity contribution in [2.45, 2.75) is 63.7 Å². The molecule has 0 atom stereocenters. The van der Waals surface area contributed by atoms with Gasteiger partial charge in [0, 0.05) is 19.0 Å². The Hall–Kier alpha value is -1.04. The molecule has 5 nitrogen and oxygen atoms in total. The first-order valence-corrected chi connectivity index (χ1v) is 8.07. The zero-order chi connectivity index (χ0) is 13.7. The molecule has 1 saturated carbocycles. The third-order valence-electron chi connectivity index (χ3n) is 3.48. The number of rotatable bonds is 6. The van der Waals surface area contributed by atoms with Crippen molar-refractivity contribution >= 4 is 17.7 Å². The molecule has 0 unspecified atom stereocenters. The molecule has 2 rings (SSSR count). The molecule has 6 heteroatoms. The molecule has 1 aliphatic rings. The van der Waals surface area contributed by atoms with Crippen molar-refractivity contribution in [2.24, 2.45) is 0 Å². The Morgan fingerprint density at radius 2 is 2.11 bits per heavy atom. The van der Waals surface area contributed by atoms with E-state index in [1.807, 2.05) is 0 Å². The number of hydrogen-bond acceptors (Lipinski definition) is 4. The average Bonchev–Trinajstić information content (AvgIpc) is 3.04. The summed E-state index contributed by atoms with van der Waals surface area (Å²) >= 11 is 1.48. The molecule has 1 aromatic heterocycles. The molecule has 19 heavy (non-hydrogen) atoms. The lowest BCUT2D eigenvalue weighted by molar-refractivity contribution is -0.119. The van der Waals surface area contributed by atoms with E-state index in [1.165, 1.54) is 24.6 Å². The molecule has 1 heterocycles. The standard InChI is InChI=1S/C13H22N4OS/c1-3-11-15-16-13(17(11)4-2)19-9-12(18)14-10-7-5-6-8-10/h10H,3-9H2,1-2H3,(H,14,18). The topological polar surface area (TPSA) is 59.8 Å². The normalized spacial score (nSPS) is 15.9. The Morgan fingerprint density at radius 1 is 1.37 bits per heavy atom. The number of nitrogens with one attached hydrogen (secondary N) is 1. The van der Waals surface area contributed by atoms with Crippen molar-refractivity contribution in [3.63, 3.8) is 0 Å². The van der Waals surface area contributed by atoms with Crippen molar-refractivity contribution in [3.8, 4) is 0 Å². The van der Waals surface area contributed by atoms with E-state index >= 15 is 0 Å². The summed E-state index contributed by atoms with van der Waals surface area (Å²) in [6, 6.07) is 0.392. The Bertz CT molecular complexity index is 426. The van der Waals surface area contributed by atoms with Crippen LogP contribution in [0.25, 0.3) is 0 Å². The minimum atomic E-state index is 0.112. The van der Waals surface area contributed by atoms with Gasteiger partial charge in [-0.05, 0) is 19.8 Å². The van der Waals surface area contributed by atoms with Crippen LogP contribution in [-0.2, 0) is 17.8 Å². The third kappa shape index (κ3) is 3.72. The summed E-state index contributed by atoms with van der Waals surface area (Å²) in [5.41, 5.74) is 0. The molecule has 1 aliphatic carbocycles. The highest BCUT2D eigenvalue weighted by molar-refractivity contribution is 7.99. The summed E-state index contributed by atoms with van der Waals surface area (Å²) in [7, 11) is 0. The predicted octanol–water partition coefficient (Wildman–Crippen LogP) is 2.01. The Labute approximate surface area is 118 Å². The van der Waals surface area contributed by atoms with E-state index in [4.69, 9.17) is 0 Å². The molecule has 1 amide bonds. The maximum absolute atomic E-state index is 11.9. The highest BCUT2D eigenvalue weighted by Gasteiger charge is 2.18. The third-order valence-corrected chi connectivity index (χ3v) is 4.45. The highest BCUT2D eigenvalue weighted by atomic mass is 32.2. The SMILES string of the molecule is CCc1nnc(SCC(=O)NC2CCCC2)n1CC. The molecule has 0 radical (unpaired) electrons. The van der Waals surface area contributed by atoms with Crippen LogP contribution < -0.4 is 5.32 Å². The van der Waals surface area contributed by atoms with Gasteiger partial charge in [-0.1, -0.05) is 31.5 Å². The van der Waals surface area contributed by atoms with E-state index in [1.54, 1.807) is 0 Å². The molecule has 1 N–H and O–H groups in total. The molecular weight excluding hydrogens is 260 g/mol. The van der Waals surface area contributed by atoms with Crippen LogP contribution in [0.15, 0.2) is 5.16 Å². The van der Waals surface area contributed by atoms with E-state index in [2.05, 4.69) is 33.9 Å². The van der Waals surface area contributed by atoms with Gasteiger partial charge in [-0.15, -0.1) is 10.2 Å². The zero-order valence-electron chi connectivity index (χ0n) is 11.7. The van der Waals surface area contributed by atoms with E-state index in [0.29, 0.717) is 11.8 Å². The smallest absolute Gasteiger partial charge is 0.230 e. The molecule has 1 aromatic rings. The second-order valence-electron chi connectivity index (χ2n) is 4.83. The fourth-order valence-electron chi connectivity index (χ4n) is 2.47. The summed E-state index contributed by atoms with van der Waals surface area (Å²) in [6.07, 6.45) is 5.60. The molecule has 106 valence electrons. The van der Waals surface area contributed by atoms with Gasteiger partial charge in [0.05, 0.1) is 5.75 Å². The zero-order valence-corrected chi connectivity index (χ0v) is 12.5. The predicted molar refractivity (Wildman–Crippen MR) is 76.2 cm³/mol. The van der Waals surface area contributed by atoms with E-state index in [0.717, 1.165) is 36.8 Å². The second-order valence-corrected chi connectivity index (χ2v) is 5.78. The van der Waals surface area contributed by atoms with Gasteiger partial charge in [0.15, 0.2) is 5.16 Å². The van der Waals surface area contributed by atoms with Crippen molar-refractivity contribution in [1.29, 1.82) is 0 Å². The van der Waals surface area contributed by atoms with Crippen LogP contribution in [0.1, 0.15) is 45.4 Å². The molecule has 0 spiro atoms. The average molecular weight is 282 g/mol. The summed E-state index contributed by atoms with van der Waals surface area (Å²) in [6.45, 7) is 4.99. The number of carbonyl (C=O) groups excluding carboxylic acids is 1. The van der Waals surface area contributed by atoms with Crippen LogP contribution in [0.4, 0.5) is 0 Å². The van der Waals surface area contributed by atoms with Crippen LogP contribution in [0, 0.1) is 0 Å². The number of aromatic nitrogens is 3. The number of amides is 1. The van der Waals surface area contributed by atoms with Crippen LogP contribution in [-0.4, -0.2) is 32.5 Å². The Morgan fingerprint density at radius 3 is 2.74 bits per heavy atom. The van der Waals surface area contributed by atoms with Crippen molar-refractivity contribution in [1.82, 2.24) is 20.1 Å². The van der Waals surface area contributed by atoms with Crippen molar-refractivity contribution in [3.05, 3.63) is 5.82 Å². The fraction of sp³-hybridized carbons (Fsp3) is 0.769. The number of thioether (sulfide) groups is 1. The van der Waals surface area contributed by atoms with Crippen molar-refractivity contribution < 1.29 is 4.79 Å². The number of carbonyl (C=O) groups is 1. The lowest BCUT2D eigenvalue weighted by Crippen LogP contribution is -2.33. The van der Waals surface area contributed by atoms with Gasteiger partial charge in [-0.25, -0.2) is 0 Å². The second kappa shape index (κ2) is 6.93. The first-order chi connectivity index (χ1) is 9.24. The number of nitrogens with zero attached hydrogens (tertiary/aromatic N) is 3. The maximum atomic E-state index is 11.9. The van der Waals surface area contributed by atoms with E-state index < -0.39 is 0 Å². The largest absolute Gasteiger partial charge is 0.353 e. The summed E-state index contributed by atoms with van der Waals surface area (Å²) in [5, 5.41) is 12.2.